The third-order valence-corrected chi connectivity index (χ3v) is 5.96. The van der Waals surface area contributed by atoms with E-state index in [0.29, 0.717) is 48.7 Å². The fraction of sp³-hybridized carbons (Fsp3) is 0.348. The molecule has 2 aromatic heterocycles. The molecule has 0 radical (unpaired) electrons. The standard InChI is InChI=1S/C23H22F3N3O3/c24-23(25,26)17-7-3-14(4-8-17)12-16-2-1-11-29-20(16)19(13-27-29)21(30)28-18-9-5-15(6-10-18)22(31)32/h1-4,7-8,11,13,15,18H,5-6,9-10,12H2,(H,28,30)(H,31,32)/t15-,18-. The van der Waals surface area contributed by atoms with Crippen LogP contribution in [0.2, 0.25) is 0 Å². The molecule has 2 N–H and O–H groups in total. The van der Waals surface area contributed by atoms with Crippen LogP contribution >= 0.6 is 0 Å². The molecule has 1 amide bonds. The molecule has 32 heavy (non-hydrogen) atoms. The summed E-state index contributed by atoms with van der Waals surface area (Å²) >= 11 is 0. The molecule has 6 nitrogen and oxygen atoms in total. The van der Waals surface area contributed by atoms with Crippen LogP contribution in [-0.2, 0) is 17.4 Å². The van der Waals surface area contributed by atoms with Gasteiger partial charge in [-0.1, -0.05) is 18.2 Å². The summed E-state index contributed by atoms with van der Waals surface area (Å²) in [5.74, 6) is -1.46. The van der Waals surface area contributed by atoms with Gasteiger partial charge in [0.2, 0.25) is 0 Å². The monoisotopic (exact) mass is 445 g/mol. The Labute approximate surface area is 182 Å². The number of halogens is 3. The Morgan fingerprint density at radius 1 is 1.09 bits per heavy atom. The Kier molecular flexibility index (Phi) is 5.90. The first-order chi connectivity index (χ1) is 15.2. The van der Waals surface area contributed by atoms with Crippen molar-refractivity contribution in [2.75, 3.05) is 0 Å². The highest BCUT2D eigenvalue weighted by Gasteiger charge is 2.30. The molecule has 2 heterocycles. The van der Waals surface area contributed by atoms with Crippen molar-refractivity contribution in [2.24, 2.45) is 5.92 Å². The summed E-state index contributed by atoms with van der Waals surface area (Å²) in [4.78, 5) is 24.1. The quantitative estimate of drug-likeness (QED) is 0.613. The molecule has 168 valence electrons. The molecule has 0 bridgehead atoms. The van der Waals surface area contributed by atoms with Crippen LogP contribution in [0.4, 0.5) is 13.2 Å². The number of nitrogens with zero attached hydrogens (tertiary/aromatic N) is 2. The minimum Gasteiger partial charge on any atom is -0.481 e. The topological polar surface area (TPSA) is 83.7 Å². The number of hydrogen-bond donors (Lipinski definition) is 2. The SMILES string of the molecule is O=C(N[C@H]1CC[C@H](C(=O)O)CC1)c1cnn2cccc(Cc3ccc(C(F)(F)F)cc3)c12. The highest BCUT2D eigenvalue weighted by atomic mass is 19.4. The number of rotatable bonds is 5. The maximum absolute atomic E-state index is 13.0. The molecule has 9 heteroatoms. The first kappa shape index (κ1) is 21.9. The van der Waals surface area contributed by atoms with Gasteiger partial charge in [0.25, 0.3) is 5.91 Å². The molecule has 0 spiro atoms. The van der Waals surface area contributed by atoms with Gasteiger partial charge in [0.1, 0.15) is 0 Å². The van der Waals surface area contributed by atoms with Gasteiger partial charge in [0, 0.05) is 12.2 Å². The number of carboxylic acid groups (broad SMARTS) is 1. The average Bonchev–Trinajstić information content (AvgIpc) is 3.19. The van der Waals surface area contributed by atoms with E-state index in [0.717, 1.165) is 17.7 Å². The predicted octanol–water partition coefficient (Wildman–Crippen LogP) is 4.32. The lowest BCUT2D eigenvalue weighted by atomic mass is 9.86. The van der Waals surface area contributed by atoms with Crippen molar-refractivity contribution >= 4 is 17.4 Å². The Hall–Kier alpha value is -3.36. The van der Waals surface area contributed by atoms with Crippen molar-refractivity contribution in [1.82, 2.24) is 14.9 Å². The third-order valence-electron chi connectivity index (χ3n) is 5.96. The van der Waals surface area contributed by atoms with Gasteiger partial charge in [-0.25, -0.2) is 4.52 Å². The van der Waals surface area contributed by atoms with Crippen molar-refractivity contribution in [3.05, 3.63) is 71.0 Å². The summed E-state index contributed by atoms with van der Waals surface area (Å²) in [5, 5.41) is 16.4. The summed E-state index contributed by atoms with van der Waals surface area (Å²) in [6.07, 6.45) is 1.38. The number of aliphatic carboxylic acids is 1. The second kappa shape index (κ2) is 8.64. The van der Waals surface area contributed by atoms with Crippen molar-refractivity contribution in [2.45, 2.75) is 44.3 Å². The van der Waals surface area contributed by atoms with Crippen LogP contribution in [-0.4, -0.2) is 32.6 Å². The second-order valence-electron chi connectivity index (χ2n) is 8.12. The summed E-state index contributed by atoms with van der Waals surface area (Å²) in [6, 6.07) is 8.46. The summed E-state index contributed by atoms with van der Waals surface area (Å²) < 4.78 is 40.0. The number of fused-ring (bicyclic) bond motifs is 1. The number of aromatic nitrogens is 2. The summed E-state index contributed by atoms with van der Waals surface area (Å²) in [7, 11) is 0. The molecule has 0 aliphatic heterocycles. The van der Waals surface area contributed by atoms with Crippen molar-refractivity contribution in [3.8, 4) is 0 Å². The molecule has 1 fully saturated rings. The van der Waals surface area contributed by atoms with Crippen molar-refractivity contribution in [3.63, 3.8) is 0 Å². The number of carbonyl (C=O) groups is 2. The van der Waals surface area contributed by atoms with E-state index in [4.69, 9.17) is 5.11 Å². The smallest absolute Gasteiger partial charge is 0.416 e. The van der Waals surface area contributed by atoms with Gasteiger partial charge in [-0.3, -0.25) is 9.59 Å². The van der Waals surface area contributed by atoms with Gasteiger partial charge in [-0.2, -0.15) is 18.3 Å². The normalized spacial score (nSPS) is 19.1. The average molecular weight is 445 g/mol. The number of benzene rings is 1. The Balaban J connectivity index is 1.53. The van der Waals surface area contributed by atoms with E-state index in [1.165, 1.54) is 18.3 Å². The maximum Gasteiger partial charge on any atom is 0.416 e. The van der Waals surface area contributed by atoms with E-state index in [2.05, 4.69) is 10.4 Å². The summed E-state index contributed by atoms with van der Waals surface area (Å²) in [6.45, 7) is 0. The lowest BCUT2D eigenvalue weighted by Gasteiger charge is -2.26. The van der Waals surface area contributed by atoms with Crippen LogP contribution in [0.25, 0.3) is 5.52 Å². The number of alkyl halides is 3. The van der Waals surface area contributed by atoms with Crippen LogP contribution in [0, 0.1) is 5.92 Å². The number of carboxylic acids is 1. The van der Waals surface area contributed by atoms with Gasteiger partial charge in [-0.05, 0) is 61.4 Å². The van der Waals surface area contributed by atoms with Crippen LogP contribution < -0.4 is 5.32 Å². The number of amides is 1. The molecule has 1 aliphatic rings. The lowest BCUT2D eigenvalue weighted by Crippen LogP contribution is -2.38. The minimum atomic E-state index is -4.39. The van der Waals surface area contributed by atoms with Crippen LogP contribution in [0.5, 0.6) is 0 Å². The molecule has 0 unspecified atom stereocenters. The van der Waals surface area contributed by atoms with E-state index in [-0.39, 0.29) is 17.9 Å². The number of hydrogen-bond acceptors (Lipinski definition) is 3. The molecule has 0 saturated heterocycles. The van der Waals surface area contributed by atoms with Crippen LogP contribution in [0.1, 0.15) is 52.7 Å². The Morgan fingerprint density at radius 2 is 1.78 bits per heavy atom. The molecule has 1 saturated carbocycles. The van der Waals surface area contributed by atoms with Gasteiger partial charge >= 0.3 is 12.1 Å². The maximum atomic E-state index is 13.0. The van der Waals surface area contributed by atoms with Gasteiger partial charge < -0.3 is 10.4 Å². The fourth-order valence-corrected chi connectivity index (χ4v) is 4.20. The molecule has 1 aliphatic carbocycles. The van der Waals surface area contributed by atoms with Gasteiger partial charge in [0.05, 0.1) is 28.8 Å². The van der Waals surface area contributed by atoms with Crippen molar-refractivity contribution < 1.29 is 27.9 Å². The van der Waals surface area contributed by atoms with E-state index in [1.807, 2.05) is 6.07 Å². The zero-order valence-corrected chi connectivity index (χ0v) is 17.1. The predicted molar refractivity (Wildman–Crippen MR) is 110 cm³/mol. The van der Waals surface area contributed by atoms with Crippen molar-refractivity contribution in [1.29, 1.82) is 0 Å². The molecule has 4 rings (SSSR count). The van der Waals surface area contributed by atoms with E-state index in [1.54, 1.807) is 16.8 Å². The Morgan fingerprint density at radius 3 is 2.41 bits per heavy atom. The first-order valence-corrected chi connectivity index (χ1v) is 10.4. The van der Waals surface area contributed by atoms with E-state index < -0.39 is 17.7 Å². The van der Waals surface area contributed by atoms with Crippen LogP contribution in [0.3, 0.4) is 0 Å². The minimum absolute atomic E-state index is 0.102. The Bertz CT molecular complexity index is 1130. The second-order valence-corrected chi connectivity index (χ2v) is 8.12. The zero-order valence-electron chi connectivity index (χ0n) is 17.1. The molecule has 0 atom stereocenters. The molecular weight excluding hydrogens is 423 g/mol. The summed E-state index contributed by atoms with van der Waals surface area (Å²) in [5.41, 5.74) is 1.73. The first-order valence-electron chi connectivity index (χ1n) is 10.4. The van der Waals surface area contributed by atoms with Crippen LogP contribution in [0.15, 0.2) is 48.8 Å². The fourth-order valence-electron chi connectivity index (χ4n) is 4.20. The highest BCUT2D eigenvalue weighted by Crippen LogP contribution is 2.30. The lowest BCUT2D eigenvalue weighted by molar-refractivity contribution is -0.143. The largest absolute Gasteiger partial charge is 0.481 e. The number of pyridine rings is 1. The molecule has 3 aromatic rings. The van der Waals surface area contributed by atoms with Gasteiger partial charge in [-0.15, -0.1) is 0 Å². The molecular formula is C23H22F3N3O3. The highest BCUT2D eigenvalue weighted by molar-refractivity contribution is 6.01. The number of carbonyl (C=O) groups excluding carboxylic acids is 1. The van der Waals surface area contributed by atoms with Gasteiger partial charge in [0.15, 0.2) is 0 Å². The van der Waals surface area contributed by atoms with E-state index in [9.17, 15) is 22.8 Å². The zero-order chi connectivity index (χ0) is 22.9. The van der Waals surface area contributed by atoms with E-state index >= 15 is 0 Å². The third kappa shape index (κ3) is 4.61. The number of nitrogens with one attached hydrogen (secondary N) is 1. The molecule has 1 aromatic carbocycles.